The first-order chi connectivity index (χ1) is 8.34. The first-order valence-corrected chi connectivity index (χ1v) is 6.57. The molecule has 0 fully saturated rings. The van der Waals surface area contributed by atoms with Gasteiger partial charge < -0.3 is 5.43 Å². The minimum atomic E-state index is 0.743. The Kier molecular flexibility index (Phi) is 2.79. The van der Waals surface area contributed by atoms with Gasteiger partial charge in [0, 0.05) is 27.4 Å². The van der Waals surface area contributed by atoms with E-state index >= 15 is 0 Å². The Labute approximate surface area is 108 Å². The van der Waals surface area contributed by atoms with Crippen LogP contribution in [-0.2, 0) is 6.54 Å². The average molecular weight is 263 g/mol. The van der Waals surface area contributed by atoms with Crippen molar-refractivity contribution in [1.29, 1.82) is 0 Å². The van der Waals surface area contributed by atoms with Crippen molar-refractivity contribution in [3.05, 3.63) is 58.7 Å². The molecular formula is C13H11ClN2S. The zero-order valence-corrected chi connectivity index (χ0v) is 10.6. The van der Waals surface area contributed by atoms with E-state index in [1.807, 2.05) is 41.3 Å². The maximum atomic E-state index is 6.36. The highest BCUT2D eigenvalue weighted by Gasteiger charge is 2.08. The number of hydrogen-bond donors (Lipinski definition) is 1. The van der Waals surface area contributed by atoms with Gasteiger partial charge in [0.05, 0.1) is 11.6 Å². The minimum Gasteiger partial charge on any atom is -0.321 e. The monoisotopic (exact) mass is 262 g/mol. The number of nitrogens with zero attached hydrogens (tertiary/aromatic N) is 1. The average Bonchev–Trinajstić information content (AvgIpc) is 2.96. The number of rotatable bonds is 3. The van der Waals surface area contributed by atoms with Crippen molar-refractivity contribution in [3.63, 3.8) is 0 Å². The molecule has 0 spiro atoms. The van der Waals surface area contributed by atoms with Crippen LogP contribution in [-0.4, -0.2) is 4.68 Å². The van der Waals surface area contributed by atoms with Crippen molar-refractivity contribution < 1.29 is 0 Å². The largest absolute Gasteiger partial charge is 0.321 e. The van der Waals surface area contributed by atoms with Crippen LogP contribution in [0.2, 0.25) is 5.02 Å². The summed E-state index contributed by atoms with van der Waals surface area (Å²) >= 11 is 8.10. The van der Waals surface area contributed by atoms with Crippen LogP contribution in [0.25, 0.3) is 10.1 Å². The molecule has 0 atom stereocenters. The van der Waals surface area contributed by atoms with Crippen LogP contribution < -0.4 is 5.43 Å². The first kappa shape index (κ1) is 10.7. The van der Waals surface area contributed by atoms with Gasteiger partial charge in [0.25, 0.3) is 0 Å². The quantitative estimate of drug-likeness (QED) is 0.752. The van der Waals surface area contributed by atoms with Crippen LogP contribution in [0, 0.1) is 0 Å². The van der Waals surface area contributed by atoms with Crippen molar-refractivity contribution in [3.8, 4) is 0 Å². The lowest BCUT2D eigenvalue weighted by molar-refractivity contribution is 0.855. The Hall–Kier alpha value is -1.45. The summed E-state index contributed by atoms with van der Waals surface area (Å²) in [5.41, 5.74) is 3.29. The van der Waals surface area contributed by atoms with E-state index in [4.69, 9.17) is 11.6 Å². The molecule has 0 amide bonds. The van der Waals surface area contributed by atoms with E-state index in [0.29, 0.717) is 0 Å². The van der Waals surface area contributed by atoms with E-state index in [2.05, 4.69) is 17.6 Å². The maximum absolute atomic E-state index is 6.36. The lowest BCUT2D eigenvalue weighted by atomic mass is 10.2. The van der Waals surface area contributed by atoms with Gasteiger partial charge in [0.15, 0.2) is 0 Å². The van der Waals surface area contributed by atoms with Gasteiger partial charge >= 0.3 is 0 Å². The molecule has 0 unspecified atom stereocenters. The van der Waals surface area contributed by atoms with Crippen LogP contribution in [0.4, 0.5) is 0 Å². The number of aromatic nitrogens is 1. The molecule has 0 radical (unpaired) electrons. The van der Waals surface area contributed by atoms with E-state index in [1.54, 1.807) is 11.3 Å². The molecule has 0 aliphatic rings. The van der Waals surface area contributed by atoms with E-state index in [0.717, 1.165) is 17.0 Å². The van der Waals surface area contributed by atoms with Gasteiger partial charge in [0.1, 0.15) is 0 Å². The van der Waals surface area contributed by atoms with E-state index in [-0.39, 0.29) is 0 Å². The number of benzene rings is 1. The number of nitrogens with one attached hydrogen (secondary N) is 1. The van der Waals surface area contributed by atoms with Crippen LogP contribution in [0.15, 0.2) is 48.8 Å². The predicted molar refractivity (Wildman–Crippen MR) is 74.3 cm³/mol. The lowest BCUT2D eigenvalue weighted by Gasteiger charge is -2.05. The molecule has 4 heteroatoms. The van der Waals surface area contributed by atoms with Crippen molar-refractivity contribution >= 4 is 33.0 Å². The Morgan fingerprint density at radius 2 is 1.88 bits per heavy atom. The Morgan fingerprint density at radius 1 is 1.12 bits per heavy atom. The van der Waals surface area contributed by atoms with Crippen molar-refractivity contribution in [2.24, 2.45) is 0 Å². The number of hydrogen-bond acceptors (Lipinski definition) is 2. The molecule has 0 aliphatic heterocycles. The topological polar surface area (TPSA) is 17.0 Å². The van der Waals surface area contributed by atoms with Gasteiger partial charge in [-0.15, -0.1) is 11.3 Å². The molecule has 0 saturated heterocycles. The van der Waals surface area contributed by atoms with Crippen molar-refractivity contribution in [2.45, 2.75) is 6.54 Å². The highest BCUT2D eigenvalue weighted by Crippen LogP contribution is 2.34. The SMILES string of the molecule is Clc1c(CNn2cccc2)sc2ccccc12. The highest BCUT2D eigenvalue weighted by molar-refractivity contribution is 7.19. The van der Waals surface area contributed by atoms with E-state index in [1.165, 1.54) is 9.58 Å². The third-order valence-electron chi connectivity index (χ3n) is 2.63. The summed E-state index contributed by atoms with van der Waals surface area (Å²) in [5, 5.41) is 2.01. The summed E-state index contributed by atoms with van der Waals surface area (Å²) in [7, 11) is 0. The zero-order chi connectivity index (χ0) is 11.7. The smallest absolute Gasteiger partial charge is 0.0672 e. The van der Waals surface area contributed by atoms with Gasteiger partial charge in [0.2, 0.25) is 0 Å². The molecular weight excluding hydrogens is 252 g/mol. The van der Waals surface area contributed by atoms with Gasteiger partial charge in [-0.05, 0) is 18.2 Å². The molecule has 86 valence electrons. The van der Waals surface area contributed by atoms with Crippen LogP contribution in [0.3, 0.4) is 0 Å². The fraction of sp³-hybridized carbons (Fsp3) is 0.0769. The Balaban J connectivity index is 1.88. The second-order valence-electron chi connectivity index (χ2n) is 3.76. The number of thiophene rings is 1. The summed E-state index contributed by atoms with van der Waals surface area (Å²) in [6.45, 7) is 0.743. The normalized spacial score (nSPS) is 10.9. The Morgan fingerprint density at radius 3 is 2.65 bits per heavy atom. The second-order valence-corrected chi connectivity index (χ2v) is 5.28. The first-order valence-electron chi connectivity index (χ1n) is 5.37. The second kappa shape index (κ2) is 4.43. The maximum Gasteiger partial charge on any atom is 0.0672 e. The van der Waals surface area contributed by atoms with Crippen LogP contribution >= 0.6 is 22.9 Å². The minimum absolute atomic E-state index is 0.743. The molecule has 1 N–H and O–H groups in total. The van der Waals surface area contributed by atoms with Gasteiger partial charge in [-0.2, -0.15) is 0 Å². The van der Waals surface area contributed by atoms with E-state index in [9.17, 15) is 0 Å². The van der Waals surface area contributed by atoms with Crippen molar-refractivity contribution in [2.75, 3.05) is 5.43 Å². The standard InChI is InChI=1S/C13H11ClN2S/c14-13-10-5-1-2-6-11(10)17-12(13)9-15-16-7-3-4-8-16/h1-8,15H,9H2. The number of fused-ring (bicyclic) bond motifs is 1. The summed E-state index contributed by atoms with van der Waals surface area (Å²) in [6, 6.07) is 12.2. The third kappa shape index (κ3) is 2.04. The highest BCUT2D eigenvalue weighted by atomic mass is 35.5. The van der Waals surface area contributed by atoms with Gasteiger partial charge in [-0.3, -0.25) is 4.68 Å². The number of halogens is 1. The third-order valence-corrected chi connectivity index (χ3v) is 4.34. The summed E-state index contributed by atoms with van der Waals surface area (Å²) in [6.07, 6.45) is 3.95. The molecule has 0 aliphatic carbocycles. The molecule has 3 aromatic rings. The molecule has 0 saturated carbocycles. The predicted octanol–water partition coefficient (Wildman–Crippen LogP) is 4.10. The van der Waals surface area contributed by atoms with Crippen molar-refractivity contribution in [1.82, 2.24) is 4.68 Å². The van der Waals surface area contributed by atoms with Crippen LogP contribution in [0.5, 0.6) is 0 Å². The molecule has 0 bridgehead atoms. The lowest BCUT2D eigenvalue weighted by Crippen LogP contribution is -2.10. The zero-order valence-electron chi connectivity index (χ0n) is 9.06. The molecule has 17 heavy (non-hydrogen) atoms. The van der Waals surface area contributed by atoms with Gasteiger partial charge in [-0.1, -0.05) is 29.8 Å². The fourth-order valence-electron chi connectivity index (χ4n) is 1.78. The summed E-state index contributed by atoms with van der Waals surface area (Å²) < 4.78 is 3.17. The molecule has 2 heterocycles. The summed E-state index contributed by atoms with van der Waals surface area (Å²) in [5.74, 6) is 0. The molecule has 3 rings (SSSR count). The molecule has 2 aromatic heterocycles. The fourth-order valence-corrected chi connectivity index (χ4v) is 3.21. The Bertz CT molecular complexity index is 628. The summed E-state index contributed by atoms with van der Waals surface area (Å²) in [4.78, 5) is 1.17. The van der Waals surface area contributed by atoms with E-state index < -0.39 is 0 Å². The molecule has 2 nitrogen and oxygen atoms in total. The molecule has 1 aromatic carbocycles. The van der Waals surface area contributed by atoms with Gasteiger partial charge in [-0.25, -0.2) is 0 Å². The van der Waals surface area contributed by atoms with Crippen LogP contribution in [0.1, 0.15) is 4.88 Å².